The second kappa shape index (κ2) is 39.1. The maximum atomic E-state index is 2.40. The Morgan fingerprint density at radius 1 is 0.167 bits per heavy atom. The SMILES string of the molecule is CC(C)c1ccc(SC2Sc3ccc(cc3)SC(c3ccc(C(C)C)cc3)Sc3ccc(cc3)SC(Sc3ccc(C(C)C)cc3)c3ccc(cc3)C(Sc3ccc(C(C)C)cc3)Sc3ccc(cc3)SC(c3ccc(C(C)C)cc3)Sc3ccc(cc3)SC(Sc3ccc(C(C)C)cc3)c3ccc2cc3)cc1. The molecule has 0 aromatic heterocycles. The van der Waals surface area contributed by atoms with E-state index in [9.17, 15) is 0 Å². The van der Waals surface area contributed by atoms with Crippen molar-refractivity contribution in [3.05, 3.63) is 358 Å². The van der Waals surface area contributed by atoms with Crippen molar-refractivity contribution in [2.75, 3.05) is 0 Å². The summed E-state index contributed by atoms with van der Waals surface area (Å²) in [5.41, 5.74) is 16.0. The lowest BCUT2D eigenvalue weighted by Gasteiger charge is -2.22. The molecular formula is C96H96S12. The van der Waals surface area contributed by atoms with Gasteiger partial charge < -0.3 is 0 Å². The average molecular weight is 1630 g/mol. The van der Waals surface area contributed by atoms with Gasteiger partial charge in [0, 0.05) is 58.7 Å². The first-order chi connectivity index (χ1) is 52.3. The molecule has 0 aliphatic carbocycles. The molecule has 10 aliphatic rings. The molecule has 0 saturated heterocycles. The van der Waals surface area contributed by atoms with Crippen molar-refractivity contribution in [3.8, 4) is 0 Å². The Hall–Kier alpha value is -5.16. The quantitative estimate of drug-likeness (QED) is 0.0905. The van der Waals surface area contributed by atoms with Crippen LogP contribution in [0, 0.1) is 0 Å². The maximum absolute atomic E-state index is 2.40. The maximum Gasteiger partial charge on any atom is 0.0845 e. The van der Waals surface area contributed by atoms with E-state index < -0.39 is 0 Å². The summed E-state index contributed by atoms with van der Waals surface area (Å²) in [5, 5.41) is 0. The van der Waals surface area contributed by atoms with Gasteiger partial charge in [-0.3, -0.25) is 0 Å². The van der Waals surface area contributed by atoms with Gasteiger partial charge in [0.25, 0.3) is 0 Å². The van der Waals surface area contributed by atoms with Gasteiger partial charge in [0.2, 0.25) is 0 Å². The monoisotopic (exact) mass is 1630 g/mol. The van der Waals surface area contributed by atoms with Crippen LogP contribution in [-0.2, 0) is 0 Å². The van der Waals surface area contributed by atoms with Crippen LogP contribution in [0.1, 0.15) is 213 Å². The van der Waals surface area contributed by atoms with Crippen LogP contribution < -0.4 is 0 Å². The van der Waals surface area contributed by atoms with Crippen LogP contribution in [0.4, 0.5) is 0 Å². The van der Waals surface area contributed by atoms with Crippen molar-refractivity contribution < 1.29 is 0 Å². The minimum absolute atomic E-state index is 0.111. The van der Waals surface area contributed by atoms with E-state index in [4.69, 9.17) is 0 Å². The van der Waals surface area contributed by atoms with Gasteiger partial charge in [0.1, 0.15) is 0 Å². The highest BCUT2D eigenvalue weighted by molar-refractivity contribution is 8.18. The van der Waals surface area contributed by atoms with Gasteiger partial charge in [-0.15, -0.1) is 141 Å². The molecule has 12 bridgehead atoms. The van der Waals surface area contributed by atoms with Crippen LogP contribution >= 0.6 is 141 Å². The Balaban J connectivity index is 0.867. The number of hydrogen-bond donors (Lipinski definition) is 0. The van der Waals surface area contributed by atoms with Crippen LogP contribution in [0.15, 0.2) is 350 Å². The van der Waals surface area contributed by atoms with E-state index in [2.05, 4.69) is 374 Å². The van der Waals surface area contributed by atoms with E-state index in [0.717, 1.165) is 0 Å². The van der Waals surface area contributed by atoms with Crippen molar-refractivity contribution in [2.24, 2.45) is 0 Å². The predicted molar refractivity (Wildman–Crippen MR) is 489 cm³/mol. The number of hydrogen-bond acceptors (Lipinski definition) is 12. The van der Waals surface area contributed by atoms with Gasteiger partial charge in [-0.1, -0.05) is 229 Å². The smallest absolute Gasteiger partial charge is 0.0845 e. The Kier molecular flexibility index (Phi) is 29.2. The minimum atomic E-state index is 0.111. The fourth-order valence-corrected chi connectivity index (χ4v) is 27.4. The molecule has 12 aromatic carbocycles. The van der Waals surface area contributed by atoms with Crippen LogP contribution in [0.25, 0.3) is 0 Å². The molecule has 4 atom stereocenters. The molecule has 12 aromatic rings. The molecule has 22 rings (SSSR count). The molecule has 0 amide bonds. The summed E-state index contributed by atoms with van der Waals surface area (Å²) in [7, 11) is 0. The van der Waals surface area contributed by atoms with E-state index in [1.165, 1.54) is 126 Å². The average Bonchev–Trinajstić information content (AvgIpc) is 0.829. The lowest BCUT2D eigenvalue weighted by atomic mass is 10.0. The summed E-state index contributed by atoms with van der Waals surface area (Å²) >= 11 is 23.4. The zero-order valence-electron chi connectivity index (χ0n) is 63.5. The zero-order chi connectivity index (χ0) is 75.2. The number of benzene rings is 12. The third-order valence-corrected chi connectivity index (χ3v) is 34.9. The standard InChI is InChI=1S/C96H96S12/c1-61(2)67-13-17-73(18-14-67)91-101-83-45-53-87(54-46-83)105-93(97-79-37-29-69(30-38-79)63(5)6)75-21-25-77(26-22-75)95(99-81-41-33-71(34-42-81)65(9)10)107-89-57-49-85(50-58-89)103-92(74-19-15-68(16-20-74)62(3)4)104-86-51-59-90(60-52-86)108-96(100-82-43-35-72(36-44-82)66(11)12)78-27-23-76(24-28-78)94(106-88-55-47-84(102-91)48-56-88)98-80-39-31-70(32-40-80)64(7)8/h13-66,91-96H,1-12H3. The van der Waals surface area contributed by atoms with Gasteiger partial charge in [-0.05, 0) is 248 Å². The number of rotatable bonds is 16. The van der Waals surface area contributed by atoms with Crippen LogP contribution in [0.5, 0.6) is 0 Å². The lowest BCUT2D eigenvalue weighted by molar-refractivity contribution is 0.865. The van der Waals surface area contributed by atoms with Gasteiger partial charge >= 0.3 is 0 Å². The van der Waals surface area contributed by atoms with E-state index in [-0.39, 0.29) is 27.5 Å². The Labute approximate surface area is 696 Å². The molecule has 10 heterocycles. The summed E-state index contributed by atoms with van der Waals surface area (Å²) in [6.45, 7) is 27.4. The largest absolute Gasteiger partial charge is 0.107 e. The molecule has 0 saturated carbocycles. The molecule has 552 valence electrons. The van der Waals surface area contributed by atoms with Crippen LogP contribution in [0.3, 0.4) is 0 Å². The second-order valence-electron chi connectivity index (χ2n) is 29.2. The summed E-state index contributed by atoms with van der Waals surface area (Å²) in [6, 6.07) is 113. The third-order valence-electron chi connectivity index (χ3n) is 19.1. The van der Waals surface area contributed by atoms with Crippen molar-refractivity contribution in [1.29, 1.82) is 0 Å². The molecule has 10 aliphatic heterocycles. The van der Waals surface area contributed by atoms with Gasteiger partial charge in [0.15, 0.2) is 0 Å². The first-order valence-electron chi connectivity index (χ1n) is 37.5. The summed E-state index contributed by atoms with van der Waals surface area (Å²) in [6.07, 6.45) is 0. The topological polar surface area (TPSA) is 0 Å². The fraction of sp³-hybridized carbons (Fsp3) is 0.250. The molecule has 108 heavy (non-hydrogen) atoms. The first kappa shape index (κ1) is 80.9. The van der Waals surface area contributed by atoms with Crippen molar-refractivity contribution in [2.45, 2.75) is 205 Å². The normalized spacial score (nSPS) is 17.6. The molecule has 0 spiro atoms. The Morgan fingerprint density at radius 2 is 0.306 bits per heavy atom. The Morgan fingerprint density at radius 3 is 0.463 bits per heavy atom. The first-order valence-corrected chi connectivity index (χ1v) is 48.1. The molecule has 0 fully saturated rings. The fourth-order valence-electron chi connectivity index (χ4n) is 12.3. The summed E-state index contributed by atoms with van der Waals surface area (Å²) in [5.74, 6) is 2.80. The molecule has 4 unspecified atom stereocenters. The highest BCUT2D eigenvalue weighted by Crippen LogP contribution is 2.56. The highest BCUT2D eigenvalue weighted by atomic mass is 32.2. The van der Waals surface area contributed by atoms with Crippen molar-refractivity contribution in [3.63, 3.8) is 0 Å². The zero-order valence-corrected chi connectivity index (χ0v) is 73.3. The minimum Gasteiger partial charge on any atom is -0.107 e. The van der Waals surface area contributed by atoms with E-state index in [0.29, 0.717) is 35.5 Å². The highest BCUT2D eigenvalue weighted by Gasteiger charge is 2.26. The van der Waals surface area contributed by atoms with Crippen molar-refractivity contribution >= 4 is 141 Å². The molecule has 12 heteroatoms. The van der Waals surface area contributed by atoms with E-state index in [1.54, 1.807) is 0 Å². The number of thioether (sulfide) groups is 12. The van der Waals surface area contributed by atoms with Crippen LogP contribution in [0.2, 0.25) is 0 Å². The summed E-state index contributed by atoms with van der Waals surface area (Å²) < 4.78 is 0.697. The Bertz CT molecular complexity index is 4190. The molecule has 0 nitrogen and oxygen atoms in total. The predicted octanol–water partition coefficient (Wildman–Crippen LogP) is 34.2. The third kappa shape index (κ3) is 22.6. The van der Waals surface area contributed by atoms with Gasteiger partial charge in [-0.25, -0.2) is 0 Å². The van der Waals surface area contributed by atoms with Crippen molar-refractivity contribution in [1.82, 2.24) is 0 Å². The molecule has 0 N–H and O–H groups in total. The molecular weight excluding hydrogens is 1540 g/mol. The van der Waals surface area contributed by atoms with Crippen LogP contribution in [-0.4, -0.2) is 0 Å². The molecule has 0 radical (unpaired) electrons. The lowest BCUT2D eigenvalue weighted by Crippen LogP contribution is -1.95. The second-order valence-corrected chi connectivity index (χ2v) is 45.1. The van der Waals surface area contributed by atoms with Gasteiger partial charge in [0.05, 0.1) is 27.5 Å². The van der Waals surface area contributed by atoms with E-state index in [1.807, 2.05) is 141 Å². The van der Waals surface area contributed by atoms with Gasteiger partial charge in [-0.2, -0.15) is 0 Å². The summed E-state index contributed by atoms with van der Waals surface area (Å²) in [4.78, 5) is 15.1. The van der Waals surface area contributed by atoms with E-state index >= 15 is 0 Å².